The minimum atomic E-state index is -0.259. The minimum Gasteiger partial charge on any atom is -0.445 e. The summed E-state index contributed by atoms with van der Waals surface area (Å²) < 4.78 is 19.2. The second kappa shape index (κ2) is 6.99. The summed E-state index contributed by atoms with van der Waals surface area (Å²) >= 11 is 1.38. The Balaban J connectivity index is 1.42. The van der Waals surface area contributed by atoms with Crippen LogP contribution in [0.25, 0.3) is 0 Å². The van der Waals surface area contributed by atoms with Crippen molar-refractivity contribution in [3.8, 4) is 0 Å². The molecule has 0 radical (unpaired) electrons. The summed E-state index contributed by atoms with van der Waals surface area (Å²) in [5, 5.41) is 0. The number of carbonyl (C=O) groups is 1. The Kier molecular flexibility index (Phi) is 4.55. The van der Waals surface area contributed by atoms with E-state index in [4.69, 9.17) is 4.42 Å². The van der Waals surface area contributed by atoms with E-state index in [0.717, 1.165) is 17.7 Å². The fourth-order valence-electron chi connectivity index (χ4n) is 3.24. The van der Waals surface area contributed by atoms with Crippen LogP contribution in [-0.2, 0) is 6.42 Å². The van der Waals surface area contributed by atoms with Crippen molar-refractivity contribution in [2.24, 2.45) is 0 Å². The van der Waals surface area contributed by atoms with Crippen LogP contribution in [0.4, 0.5) is 4.39 Å². The van der Waals surface area contributed by atoms with Crippen LogP contribution < -0.4 is 0 Å². The first-order valence-corrected chi connectivity index (χ1v) is 9.36. The van der Waals surface area contributed by atoms with E-state index in [0.29, 0.717) is 36.0 Å². The lowest BCUT2D eigenvalue weighted by molar-refractivity contribution is 0.0793. The number of benzene rings is 1. The lowest BCUT2D eigenvalue weighted by Gasteiger charge is -2.14. The summed E-state index contributed by atoms with van der Waals surface area (Å²) in [6.45, 7) is 3.13. The average Bonchev–Trinajstić information content (AvgIpc) is 3.34. The van der Waals surface area contributed by atoms with Crippen molar-refractivity contribution in [1.29, 1.82) is 0 Å². The Bertz CT molecular complexity index is 936. The van der Waals surface area contributed by atoms with Gasteiger partial charge < -0.3 is 9.32 Å². The fraction of sp³-hybridized carbons (Fsp3) is 0.316. The molecule has 1 aromatic carbocycles. The Morgan fingerprint density at radius 1 is 1.42 bits per heavy atom. The second-order valence-electron chi connectivity index (χ2n) is 6.48. The first-order chi connectivity index (χ1) is 12.6. The highest BCUT2D eigenvalue weighted by atomic mass is 32.1. The molecule has 1 aliphatic heterocycles. The zero-order valence-electron chi connectivity index (χ0n) is 14.3. The standard InChI is InChI=1S/C19H18FN3O2S/c1-12-17(26-11-22-12)19(24)23-6-5-14(10-23)18-21-9-16(25-18)8-13-3-2-4-15(20)7-13/h2-4,7,9,11,14H,5-6,8,10H2,1H3/t14-/m1/s1. The predicted molar refractivity (Wildman–Crippen MR) is 95.8 cm³/mol. The van der Waals surface area contributed by atoms with Gasteiger partial charge in [0.2, 0.25) is 0 Å². The van der Waals surface area contributed by atoms with E-state index < -0.39 is 0 Å². The quantitative estimate of drug-likeness (QED) is 0.700. The van der Waals surface area contributed by atoms with E-state index in [1.807, 2.05) is 17.9 Å². The van der Waals surface area contributed by atoms with Crippen LogP contribution in [0.15, 0.2) is 40.4 Å². The van der Waals surface area contributed by atoms with Gasteiger partial charge in [-0.1, -0.05) is 12.1 Å². The molecular formula is C19H18FN3O2S. The largest absolute Gasteiger partial charge is 0.445 e. The molecule has 26 heavy (non-hydrogen) atoms. The van der Waals surface area contributed by atoms with Crippen LogP contribution >= 0.6 is 11.3 Å². The third kappa shape index (κ3) is 3.39. The molecule has 7 heteroatoms. The first-order valence-electron chi connectivity index (χ1n) is 8.48. The highest BCUT2D eigenvalue weighted by molar-refractivity contribution is 7.11. The van der Waals surface area contributed by atoms with Gasteiger partial charge >= 0.3 is 0 Å². The second-order valence-corrected chi connectivity index (χ2v) is 7.33. The number of carbonyl (C=O) groups excluding carboxylic acids is 1. The van der Waals surface area contributed by atoms with Gasteiger partial charge in [0.15, 0.2) is 5.89 Å². The van der Waals surface area contributed by atoms with Gasteiger partial charge in [-0.05, 0) is 31.0 Å². The summed E-state index contributed by atoms with van der Waals surface area (Å²) in [6, 6.07) is 6.46. The molecule has 1 amide bonds. The number of hydrogen-bond acceptors (Lipinski definition) is 5. The molecule has 5 nitrogen and oxygen atoms in total. The lowest BCUT2D eigenvalue weighted by Crippen LogP contribution is -2.28. The van der Waals surface area contributed by atoms with Crippen LogP contribution in [0.1, 0.15) is 44.9 Å². The van der Waals surface area contributed by atoms with Crippen LogP contribution in [0.5, 0.6) is 0 Å². The van der Waals surface area contributed by atoms with Crippen molar-refractivity contribution in [2.45, 2.75) is 25.7 Å². The molecule has 3 heterocycles. The monoisotopic (exact) mass is 371 g/mol. The molecule has 0 spiro atoms. The van der Waals surface area contributed by atoms with Gasteiger partial charge in [-0.25, -0.2) is 14.4 Å². The van der Waals surface area contributed by atoms with Gasteiger partial charge in [-0.3, -0.25) is 4.79 Å². The number of amides is 1. The number of rotatable bonds is 4. The number of oxazole rings is 1. The molecule has 0 N–H and O–H groups in total. The van der Waals surface area contributed by atoms with E-state index in [2.05, 4.69) is 9.97 Å². The molecule has 134 valence electrons. The highest BCUT2D eigenvalue weighted by Gasteiger charge is 2.32. The Morgan fingerprint density at radius 3 is 3.08 bits per heavy atom. The molecule has 3 aromatic rings. The molecule has 0 unspecified atom stereocenters. The van der Waals surface area contributed by atoms with Crippen molar-refractivity contribution in [2.75, 3.05) is 13.1 Å². The summed E-state index contributed by atoms with van der Waals surface area (Å²) in [4.78, 5) is 23.7. The molecule has 0 saturated carbocycles. The zero-order chi connectivity index (χ0) is 18.1. The molecule has 1 fully saturated rings. The number of likely N-dealkylation sites (tertiary alicyclic amines) is 1. The molecule has 2 aromatic heterocycles. The van der Waals surface area contributed by atoms with Crippen molar-refractivity contribution in [3.63, 3.8) is 0 Å². The number of thiazole rings is 1. The molecular weight excluding hydrogens is 353 g/mol. The van der Waals surface area contributed by atoms with Gasteiger partial charge in [-0.15, -0.1) is 11.3 Å². The van der Waals surface area contributed by atoms with Crippen molar-refractivity contribution >= 4 is 17.2 Å². The third-order valence-electron chi connectivity index (χ3n) is 4.60. The normalized spacial score (nSPS) is 17.0. The summed E-state index contributed by atoms with van der Waals surface area (Å²) in [7, 11) is 0. The topological polar surface area (TPSA) is 59.2 Å². The maximum absolute atomic E-state index is 13.3. The van der Waals surface area contributed by atoms with Crippen LogP contribution in [0.2, 0.25) is 0 Å². The smallest absolute Gasteiger partial charge is 0.265 e. The first kappa shape index (κ1) is 16.9. The Labute approximate surface area is 154 Å². The van der Waals surface area contributed by atoms with E-state index in [9.17, 15) is 9.18 Å². The van der Waals surface area contributed by atoms with E-state index in [-0.39, 0.29) is 17.6 Å². The number of aryl methyl sites for hydroxylation is 1. The van der Waals surface area contributed by atoms with Gasteiger partial charge in [-0.2, -0.15) is 0 Å². The van der Waals surface area contributed by atoms with E-state index in [1.54, 1.807) is 17.8 Å². The van der Waals surface area contributed by atoms with Crippen molar-refractivity contribution < 1.29 is 13.6 Å². The van der Waals surface area contributed by atoms with Crippen molar-refractivity contribution in [3.05, 3.63) is 69.6 Å². The molecule has 4 rings (SSSR count). The fourth-order valence-corrected chi connectivity index (χ4v) is 4.01. The molecule has 1 aliphatic rings. The molecule has 1 atom stereocenters. The summed E-state index contributed by atoms with van der Waals surface area (Å²) in [6.07, 6.45) is 3.02. The van der Waals surface area contributed by atoms with E-state index in [1.165, 1.54) is 23.5 Å². The SMILES string of the molecule is Cc1ncsc1C(=O)N1CC[C@@H](c2ncc(Cc3cccc(F)c3)o2)C1. The zero-order valence-corrected chi connectivity index (χ0v) is 15.1. The van der Waals surface area contributed by atoms with Gasteiger partial charge in [0.25, 0.3) is 5.91 Å². The average molecular weight is 371 g/mol. The minimum absolute atomic E-state index is 0.0269. The number of hydrogen-bond donors (Lipinski definition) is 0. The van der Waals surface area contributed by atoms with Gasteiger partial charge in [0, 0.05) is 19.5 Å². The molecule has 0 bridgehead atoms. The number of aromatic nitrogens is 2. The van der Waals surface area contributed by atoms with Crippen LogP contribution in [0.3, 0.4) is 0 Å². The maximum Gasteiger partial charge on any atom is 0.265 e. The maximum atomic E-state index is 13.3. The van der Waals surface area contributed by atoms with Crippen molar-refractivity contribution in [1.82, 2.24) is 14.9 Å². The highest BCUT2D eigenvalue weighted by Crippen LogP contribution is 2.29. The molecule has 0 aliphatic carbocycles. The number of halogens is 1. The summed E-state index contributed by atoms with van der Waals surface area (Å²) in [5.74, 6) is 1.21. The third-order valence-corrected chi connectivity index (χ3v) is 5.52. The number of nitrogens with zero attached hydrogens (tertiary/aromatic N) is 3. The van der Waals surface area contributed by atoms with Gasteiger partial charge in [0.05, 0.1) is 23.3 Å². The van der Waals surface area contributed by atoms with Crippen LogP contribution in [0, 0.1) is 12.7 Å². The molecule has 1 saturated heterocycles. The lowest BCUT2D eigenvalue weighted by atomic mass is 10.1. The predicted octanol–water partition coefficient (Wildman–Crippen LogP) is 3.80. The summed E-state index contributed by atoms with van der Waals surface area (Å²) in [5.41, 5.74) is 3.32. The Morgan fingerprint density at radius 2 is 2.31 bits per heavy atom. The van der Waals surface area contributed by atoms with Gasteiger partial charge in [0.1, 0.15) is 16.5 Å². The van der Waals surface area contributed by atoms with E-state index >= 15 is 0 Å². The van der Waals surface area contributed by atoms with Crippen LogP contribution in [-0.4, -0.2) is 33.9 Å². The Hall–Kier alpha value is -2.54.